The average Bonchev–Trinajstić information content (AvgIpc) is 3.29. The summed E-state index contributed by atoms with van der Waals surface area (Å²) in [5, 5.41) is 12.8. The normalized spacial score (nSPS) is 11.4. The van der Waals surface area contributed by atoms with Gasteiger partial charge < -0.3 is 5.84 Å². The number of thioether (sulfide) groups is 1. The number of imide groups is 1. The van der Waals surface area contributed by atoms with E-state index in [-0.39, 0.29) is 11.2 Å². The molecular formula is C19H21N5O2S2. The van der Waals surface area contributed by atoms with E-state index in [1.807, 2.05) is 29.6 Å². The van der Waals surface area contributed by atoms with E-state index in [0.717, 1.165) is 22.2 Å². The maximum Gasteiger partial charge on any atom is 0.257 e. The van der Waals surface area contributed by atoms with Crippen LogP contribution in [0.2, 0.25) is 0 Å². The molecule has 0 bridgehead atoms. The number of nitrogen functional groups attached to an aromatic ring is 1. The lowest BCUT2D eigenvalue weighted by Crippen LogP contribution is -2.32. The Bertz CT molecular complexity index is 973. The average molecular weight is 416 g/mol. The van der Waals surface area contributed by atoms with Crippen molar-refractivity contribution >= 4 is 34.9 Å². The highest BCUT2D eigenvalue weighted by atomic mass is 32.2. The Hall–Kier alpha value is -2.65. The number of hydrogen-bond acceptors (Lipinski definition) is 7. The summed E-state index contributed by atoms with van der Waals surface area (Å²) in [6.07, 6.45) is 0. The number of nitrogens with zero attached hydrogens (tertiary/aromatic N) is 3. The van der Waals surface area contributed by atoms with Crippen LogP contribution in [-0.2, 0) is 10.2 Å². The summed E-state index contributed by atoms with van der Waals surface area (Å²) >= 11 is 2.62. The van der Waals surface area contributed by atoms with Crippen LogP contribution in [0.3, 0.4) is 0 Å². The molecule has 9 heteroatoms. The van der Waals surface area contributed by atoms with E-state index in [1.54, 1.807) is 12.1 Å². The lowest BCUT2D eigenvalue weighted by molar-refractivity contribution is -0.117. The molecule has 0 aliphatic heterocycles. The highest BCUT2D eigenvalue weighted by Gasteiger charge is 2.17. The number of benzene rings is 1. The smallest absolute Gasteiger partial charge is 0.257 e. The molecule has 2 amide bonds. The van der Waals surface area contributed by atoms with Crippen LogP contribution in [-0.4, -0.2) is 32.4 Å². The van der Waals surface area contributed by atoms with E-state index >= 15 is 0 Å². The van der Waals surface area contributed by atoms with Crippen molar-refractivity contribution in [1.82, 2.24) is 20.2 Å². The fraction of sp³-hybridized carbons (Fsp3) is 0.263. The largest absolute Gasteiger partial charge is 0.335 e. The molecule has 2 aromatic heterocycles. The van der Waals surface area contributed by atoms with Crippen molar-refractivity contribution in [3.8, 4) is 10.7 Å². The van der Waals surface area contributed by atoms with Crippen molar-refractivity contribution in [3.63, 3.8) is 0 Å². The van der Waals surface area contributed by atoms with Gasteiger partial charge in [-0.1, -0.05) is 50.7 Å². The van der Waals surface area contributed by atoms with Crippen LogP contribution in [0, 0.1) is 0 Å². The van der Waals surface area contributed by atoms with E-state index in [4.69, 9.17) is 5.84 Å². The van der Waals surface area contributed by atoms with Crippen LogP contribution < -0.4 is 11.2 Å². The summed E-state index contributed by atoms with van der Waals surface area (Å²) in [5.41, 5.74) is 1.56. The molecule has 0 saturated carbocycles. The molecular weight excluding hydrogens is 394 g/mol. The first kappa shape index (κ1) is 20.1. The second kappa shape index (κ2) is 8.15. The lowest BCUT2D eigenvalue weighted by Gasteiger charge is -2.18. The van der Waals surface area contributed by atoms with Gasteiger partial charge in [0, 0.05) is 5.56 Å². The number of rotatable bonds is 5. The van der Waals surface area contributed by atoms with Crippen LogP contribution >= 0.6 is 23.1 Å². The maximum absolute atomic E-state index is 12.3. The standard InChI is InChI=1S/C19H21N5O2S2/c1-19(2,3)13-8-6-12(7-9-13)17(26)21-15(25)11-28-18-23-22-16(24(18)20)14-5-4-10-27-14/h4-10H,11,20H2,1-3H3,(H,21,25,26). The molecule has 0 fully saturated rings. The molecule has 0 unspecified atom stereocenters. The number of aromatic nitrogens is 3. The number of hydrogen-bond donors (Lipinski definition) is 2. The zero-order chi connectivity index (χ0) is 20.3. The van der Waals surface area contributed by atoms with Crippen LogP contribution in [0.4, 0.5) is 0 Å². The molecule has 0 saturated heterocycles. The van der Waals surface area contributed by atoms with Crippen molar-refractivity contribution in [1.29, 1.82) is 0 Å². The molecule has 7 nitrogen and oxygen atoms in total. The fourth-order valence-electron chi connectivity index (χ4n) is 2.44. The number of thiophene rings is 1. The van der Waals surface area contributed by atoms with E-state index in [1.165, 1.54) is 16.0 Å². The maximum atomic E-state index is 12.3. The zero-order valence-corrected chi connectivity index (χ0v) is 17.4. The Morgan fingerprint density at radius 2 is 1.89 bits per heavy atom. The number of carbonyl (C=O) groups excluding carboxylic acids is 2. The van der Waals surface area contributed by atoms with Gasteiger partial charge >= 0.3 is 0 Å². The minimum absolute atomic E-state index is 0.00159. The molecule has 0 radical (unpaired) electrons. The molecule has 28 heavy (non-hydrogen) atoms. The Morgan fingerprint density at radius 3 is 2.50 bits per heavy atom. The summed E-state index contributed by atoms with van der Waals surface area (Å²) in [4.78, 5) is 25.3. The monoisotopic (exact) mass is 415 g/mol. The molecule has 1 aromatic carbocycles. The molecule has 0 aliphatic carbocycles. The minimum atomic E-state index is -0.431. The number of amides is 2. The number of nitrogens with two attached hydrogens (primary N) is 1. The number of nitrogens with one attached hydrogen (secondary N) is 1. The highest BCUT2D eigenvalue weighted by molar-refractivity contribution is 7.99. The Balaban J connectivity index is 1.57. The van der Waals surface area contributed by atoms with Gasteiger partial charge in [0.2, 0.25) is 11.1 Å². The van der Waals surface area contributed by atoms with Gasteiger partial charge in [-0.25, -0.2) is 4.68 Å². The van der Waals surface area contributed by atoms with Crippen LogP contribution in [0.5, 0.6) is 0 Å². The van der Waals surface area contributed by atoms with Gasteiger partial charge in [-0.3, -0.25) is 14.9 Å². The minimum Gasteiger partial charge on any atom is -0.335 e. The summed E-state index contributed by atoms with van der Waals surface area (Å²) in [6, 6.07) is 11.0. The summed E-state index contributed by atoms with van der Waals surface area (Å²) in [5.74, 6) is 5.69. The third-order valence-corrected chi connectivity index (χ3v) is 5.81. The van der Waals surface area contributed by atoms with Gasteiger partial charge in [-0.05, 0) is 34.6 Å². The Morgan fingerprint density at radius 1 is 1.18 bits per heavy atom. The van der Waals surface area contributed by atoms with Crippen LogP contribution in [0.15, 0.2) is 46.9 Å². The number of carbonyl (C=O) groups is 2. The topological polar surface area (TPSA) is 103 Å². The summed E-state index contributed by atoms with van der Waals surface area (Å²) in [6.45, 7) is 6.30. The molecule has 0 atom stereocenters. The van der Waals surface area contributed by atoms with Crippen molar-refractivity contribution < 1.29 is 9.59 Å². The summed E-state index contributed by atoms with van der Waals surface area (Å²) in [7, 11) is 0. The molecule has 3 rings (SSSR count). The van der Waals surface area contributed by atoms with Crippen molar-refractivity contribution in [2.75, 3.05) is 11.6 Å². The zero-order valence-electron chi connectivity index (χ0n) is 15.8. The first-order chi connectivity index (χ1) is 13.3. The highest BCUT2D eigenvalue weighted by Crippen LogP contribution is 2.25. The van der Waals surface area contributed by atoms with Gasteiger partial charge in [0.25, 0.3) is 5.91 Å². The second-order valence-corrected chi connectivity index (χ2v) is 9.04. The van der Waals surface area contributed by atoms with Gasteiger partial charge in [-0.2, -0.15) is 0 Å². The van der Waals surface area contributed by atoms with Crippen molar-refractivity contribution in [2.45, 2.75) is 31.3 Å². The first-order valence-corrected chi connectivity index (χ1v) is 10.4. The third kappa shape index (κ3) is 4.60. The molecule has 0 aliphatic rings. The Kier molecular flexibility index (Phi) is 5.85. The molecule has 2 heterocycles. The fourth-order valence-corrected chi connectivity index (χ4v) is 3.80. The predicted molar refractivity (Wildman–Crippen MR) is 112 cm³/mol. The van der Waals surface area contributed by atoms with Crippen LogP contribution in [0.25, 0.3) is 10.7 Å². The van der Waals surface area contributed by atoms with E-state index < -0.39 is 11.8 Å². The first-order valence-electron chi connectivity index (χ1n) is 8.57. The lowest BCUT2D eigenvalue weighted by atomic mass is 9.87. The van der Waals surface area contributed by atoms with Gasteiger partial charge in [0.1, 0.15) is 0 Å². The third-order valence-electron chi connectivity index (χ3n) is 4.00. The van der Waals surface area contributed by atoms with Gasteiger partial charge in [0.15, 0.2) is 5.82 Å². The van der Waals surface area contributed by atoms with E-state index in [9.17, 15) is 9.59 Å². The second-order valence-electron chi connectivity index (χ2n) is 7.15. The van der Waals surface area contributed by atoms with Gasteiger partial charge in [-0.15, -0.1) is 21.5 Å². The molecule has 3 N–H and O–H groups in total. The Labute approximate surface area is 171 Å². The van der Waals surface area contributed by atoms with E-state index in [0.29, 0.717) is 16.5 Å². The molecule has 146 valence electrons. The van der Waals surface area contributed by atoms with Crippen molar-refractivity contribution in [3.05, 3.63) is 52.9 Å². The van der Waals surface area contributed by atoms with Gasteiger partial charge in [0.05, 0.1) is 10.6 Å². The predicted octanol–water partition coefficient (Wildman–Crippen LogP) is 3.07. The quantitative estimate of drug-likeness (QED) is 0.490. The van der Waals surface area contributed by atoms with Crippen molar-refractivity contribution in [2.24, 2.45) is 0 Å². The SMILES string of the molecule is CC(C)(C)c1ccc(C(=O)NC(=O)CSc2nnc(-c3cccs3)n2N)cc1. The summed E-state index contributed by atoms with van der Waals surface area (Å²) < 4.78 is 1.34. The molecule has 0 spiro atoms. The molecule has 3 aromatic rings. The van der Waals surface area contributed by atoms with E-state index in [2.05, 4.69) is 36.3 Å². The van der Waals surface area contributed by atoms with Crippen LogP contribution in [0.1, 0.15) is 36.7 Å².